The van der Waals surface area contributed by atoms with E-state index in [4.69, 9.17) is 4.98 Å². The van der Waals surface area contributed by atoms with Gasteiger partial charge in [-0.05, 0) is 36.0 Å². The molecule has 132 valence electrons. The van der Waals surface area contributed by atoms with E-state index >= 15 is 0 Å². The quantitative estimate of drug-likeness (QED) is 0.468. The summed E-state index contributed by atoms with van der Waals surface area (Å²) in [5.74, 6) is 0.805. The van der Waals surface area contributed by atoms with Crippen molar-refractivity contribution in [3.63, 3.8) is 0 Å². The highest BCUT2D eigenvalue weighted by Gasteiger charge is 2.15. The van der Waals surface area contributed by atoms with Gasteiger partial charge in [-0.15, -0.1) is 11.3 Å². The zero-order valence-corrected chi connectivity index (χ0v) is 17.3. The minimum atomic E-state index is 0.0532. The van der Waals surface area contributed by atoms with E-state index in [-0.39, 0.29) is 11.0 Å². The Morgan fingerprint density at radius 1 is 1.16 bits per heavy atom. The van der Waals surface area contributed by atoms with Crippen LogP contribution in [0.4, 0.5) is 0 Å². The molecule has 0 aliphatic carbocycles. The fraction of sp³-hybridized carbons (Fsp3) is 0.400. The Morgan fingerprint density at radius 3 is 2.40 bits per heavy atom. The highest BCUT2D eigenvalue weighted by atomic mass is 32.2. The molecule has 0 aliphatic rings. The van der Waals surface area contributed by atoms with Crippen LogP contribution in [-0.2, 0) is 18.2 Å². The molecule has 1 aromatic carbocycles. The number of benzene rings is 1. The lowest BCUT2D eigenvalue weighted by molar-refractivity contribution is 0.590. The smallest absolute Gasteiger partial charge is 0.262 e. The molecule has 0 atom stereocenters. The van der Waals surface area contributed by atoms with E-state index in [1.165, 1.54) is 16.0 Å². The molecule has 0 spiro atoms. The van der Waals surface area contributed by atoms with Gasteiger partial charge in [-0.1, -0.05) is 56.8 Å². The van der Waals surface area contributed by atoms with Crippen LogP contribution in [0.25, 0.3) is 10.2 Å². The molecule has 3 aromatic rings. The first-order chi connectivity index (χ1) is 11.7. The summed E-state index contributed by atoms with van der Waals surface area (Å²) >= 11 is 3.22. The maximum atomic E-state index is 12.7. The summed E-state index contributed by atoms with van der Waals surface area (Å²) in [4.78, 5) is 19.4. The molecule has 0 radical (unpaired) electrons. The van der Waals surface area contributed by atoms with Crippen molar-refractivity contribution in [2.24, 2.45) is 7.05 Å². The van der Waals surface area contributed by atoms with E-state index in [0.29, 0.717) is 0 Å². The average molecular weight is 373 g/mol. The van der Waals surface area contributed by atoms with Crippen LogP contribution in [-0.4, -0.2) is 9.55 Å². The Kier molecular flexibility index (Phi) is 4.82. The topological polar surface area (TPSA) is 34.9 Å². The second-order valence-corrected chi connectivity index (χ2v) is 9.60. The van der Waals surface area contributed by atoms with E-state index in [2.05, 4.69) is 45.0 Å². The Bertz CT molecular complexity index is 976. The van der Waals surface area contributed by atoms with Crippen LogP contribution in [0.5, 0.6) is 0 Å². The van der Waals surface area contributed by atoms with Crippen LogP contribution in [0, 0.1) is 13.8 Å². The Morgan fingerprint density at radius 2 is 1.80 bits per heavy atom. The normalized spacial score (nSPS) is 12.1. The zero-order chi connectivity index (χ0) is 18.4. The van der Waals surface area contributed by atoms with Crippen molar-refractivity contribution in [2.45, 2.75) is 50.9 Å². The van der Waals surface area contributed by atoms with E-state index < -0.39 is 0 Å². The van der Waals surface area contributed by atoms with Crippen molar-refractivity contribution < 1.29 is 0 Å². The zero-order valence-electron chi connectivity index (χ0n) is 15.6. The van der Waals surface area contributed by atoms with Crippen molar-refractivity contribution in [1.29, 1.82) is 0 Å². The first kappa shape index (κ1) is 18.2. The van der Waals surface area contributed by atoms with E-state index in [9.17, 15) is 4.79 Å². The summed E-state index contributed by atoms with van der Waals surface area (Å²) in [6, 6.07) is 8.72. The van der Waals surface area contributed by atoms with Crippen molar-refractivity contribution in [3.05, 3.63) is 56.2 Å². The van der Waals surface area contributed by atoms with Gasteiger partial charge in [-0.3, -0.25) is 9.36 Å². The molecule has 2 aromatic heterocycles. The molecule has 0 saturated heterocycles. The van der Waals surface area contributed by atoms with Crippen LogP contribution in [0.3, 0.4) is 0 Å². The number of fused-ring (bicyclic) bond motifs is 1. The minimum absolute atomic E-state index is 0.0532. The fourth-order valence-electron chi connectivity index (χ4n) is 2.73. The van der Waals surface area contributed by atoms with Crippen LogP contribution in [0.2, 0.25) is 0 Å². The third kappa shape index (κ3) is 3.53. The van der Waals surface area contributed by atoms with Gasteiger partial charge in [0.25, 0.3) is 5.56 Å². The van der Waals surface area contributed by atoms with Gasteiger partial charge in [-0.2, -0.15) is 0 Å². The molecule has 5 heteroatoms. The number of hydrogen-bond donors (Lipinski definition) is 0. The predicted octanol–water partition coefficient (Wildman–Crippen LogP) is 5.20. The summed E-state index contributed by atoms with van der Waals surface area (Å²) in [7, 11) is 1.81. The standard InChI is InChI=1S/C20H24N2OS2/c1-12-13(2)25-17-16(12)18(23)22(6)19(21-17)24-11-14-7-9-15(10-8-14)20(3,4)5/h7-10H,11H2,1-6H3. The minimum Gasteiger partial charge on any atom is -0.290 e. The monoisotopic (exact) mass is 372 g/mol. The number of aromatic nitrogens is 2. The van der Waals surface area contributed by atoms with Gasteiger partial charge in [0.15, 0.2) is 5.16 Å². The maximum absolute atomic E-state index is 12.7. The number of nitrogens with zero attached hydrogens (tertiary/aromatic N) is 2. The molecule has 3 nitrogen and oxygen atoms in total. The van der Waals surface area contributed by atoms with Crippen LogP contribution in [0.15, 0.2) is 34.2 Å². The predicted molar refractivity (Wildman–Crippen MR) is 109 cm³/mol. The van der Waals surface area contributed by atoms with Crippen molar-refractivity contribution in [2.75, 3.05) is 0 Å². The van der Waals surface area contributed by atoms with Gasteiger partial charge in [-0.25, -0.2) is 4.98 Å². The van der Waals surface area contributed by atoms with Crippen LogP contribution >= 0.6 is 23.1 Å². The highest BCUT2D eigenvalue weighted by Crippen LogP contribution is 2.29. The number of thioether (sulfide) groups is 1. The molecular weight excluding hydrogens is 348 g/mol. The van der Waals surface area contributed by atoms with Crippen LogP contribution < -0.4 is 5.56 Å². The molecule has 25 heavy (non-hydrogen) atoms. The van der Waals surface area contributed by atoms with E-state index in [0.717, 1.165) is 26.7 Å². The second kappa shape index (κ2) is 6.61. The van der Waals surface area contributed by atoms with Gasteiger partial charge in [0.2, 0.25) is 0 Å². The number of hydrogen-bond acceptors (Lipinski definition) is 4. The largest absolute Gasteiger partial charge is 0.290 e. The first-order valence-corrected chi connectivity index (χ1v) is 10.2. The molecular formula is C20H24N2OS2. The summed E-state index contributed by atoms with van der Waals surface area (Å²) in [6.45, 7) is 10.7. The van der Waals surface area contributed by atoms with Gasteiger partial charge in [0.05, 0.1) is 5.39 Å². The van der Waals surface area contributed by atoms with Crippen LogP contribution in [0.1, 0.15) is 42.3 Å². The molecule has 0 N–H and O–H groups in total. The summed E-state index contributed by atoms with van der Waals surface area (Å²) in [6.07, 6.45) is 0. The first-order valence-electron chi connectivity index (χ1n) is 8.37. The molecule has 0 bridgehead atoms. The van der Waals surface area contributed by atoms with E-state index in [1.54, 1.807) is 27.7 Å². The van der Waals surface area contributed by atoms with E-state index in [1.807, 2.05) is 20.9 Å². The molecule has 0 saturated carbocycles. The third-order valence-corrected chi connectivity index (χ3v) is 6.76. The average Bonchev–Trinajstić information content (AvgIpc) is 2.83. The molecule has 0 aliphatic heterocycles. The summed E-state index contributed by atoms with van der Waals surface area (Å²) < 4.78 is 1.68. The molecule has 2 heterocycles. The lowest BCUT2D eigenvalue weighted by Crippen LogP contribution is -2.19. The van der Waals surface area contributed by atoms with Crippen molar-refractivity contribution in [3.8, 4) is 0 Å². The molecule has 0 fully saturated rings. The highest BCUT2D eigenvalue weighted by molar-refractivity contribution is 7.98. The van der Waals surface area contributed by atoms with Crippen molar-refractivity contribution >= 4 is 33.3 Å². The van der Waals surface area contributed by atoms with Gasteiger partial charge in [0, 0.05) is 17.7 Å². The number of thiophene rings is 1. The fourth-order valence-corrected chi connectivity index (χ4v) is 4.73. The Hall–Kier alpha value is -1.59. The lowest BCUT2D eigenvalue weighted by atomic mass is 9.87. The Balaban J connectivity index is 1.86. The molecule has 0 unspecified atom stereocenters. The second-order valence-electron chi connectivity index (χ2n) is 7.46. The SMILES string of the molecule is Cc1sc2nc(SCc3ccc(C(C)(C)C)cc3)n(C)c(=O)c2c1C. The number of rotatable bonds is 3. The lowest BCUT2D eigenvalue weighted by Gasteiger charge is -2.19. The number of aryl methyl sites for hydroxylation is 2. The van der Waals surface area contributed by atoms with Gasteiger partial charge >= 0.3 is 0 Å². The maximum Gasteiger partial charge on any atom is 0.262 e. The Labute approximate surface area is 157 Å². The molecule has 0 amide bonds. The summed E-state index contributed by atoms with van der Waals surface area (Å²) in [5.41, 5.74) is 3.85. The third-order valence-electron chi connectivity index (χ3n) is 4.56. The van der Waals surface area contributed by atoms with Crippen molar-refractivity contribution in [1.82, 2.24) is 9.55 Å². The van der Waals surface area contributed by atoms with Gasteiger partial charge in [0.1, 0.15) is 4.83 Å². The molecule has 3 rings (SSSR count). The van der Waals surface area contributed by atoms with Gasteiger partial charge < -0.3 is 0 Å². The summed E-state index contributed by atoms with van der Waals surface area (Å²) in [5, 5.41) is 1.54.